The molecule has 0 amide bonds. The molecule has 102 valence electrons. The Balaban J connectivity index is 2.66. The fraction of sp³-hybridized carbons (Fsp3) is 0.692. The lowest BCUT2D eigenvalue weighted by atomic mass is 10.2. The molecule has 0 saturated heterocycles. The Labute approximate surface area is 115 Å². The Hall–Kier alpha value is -1.03. The van der Waals surface area contributed by atoms with Gasteiger partial charge in [-0.2, -0.15) is 4.98 Å². The van der Waals surface area contributed by atoms with Gasteiger partial charge in [-0.25, -0.2) is 4.98 Å². The number of nitrogens with one attached hydrogen (secondary N) is 1. The van der Waals surface area contributed by atoms with Crippen molar-refractivity contribution in [3.63, 3.8) is 0 Å². The van der Waals surface area contributed by atoms with Gasteiger partial charge in [0.1, 0.15) is 5.02 Å². The Morgan fingerprint density at radius 2 is 2.06 bits per heavy atom. The second-order valence-corrected chi connectivity index (χ2v) is 4.83. The van der Waals surface area contributed by atoms with E-state index in [1.807, 2.05) is 7.05 Å². The lowest BCUT2D eigenvalue weighted by Crippen LogP contribution is -2.21. The Morgan fingerprint density at radius 3 is 2.72 bits per heavy atom. The monoisotopic (exact) mass is 270 g/mol. The maximum Gasteiger partial charge on any atom is 0.224 e. The largest absolute Gasteiger partial charge is 0.358 e. The van der Waals surface area contributed by atoms with Crippen LogP contribution in [0.1, 0.15) is 39.5 Å². The average Bonchev–Trinajstić information content (AvgIpc) is 2.38. The topological polar surface area (TPSA) is 41.1 Å². The summed E-state index contributed by atoms with van der Waals surface area (Å²) in [6.07, 6.45) is 6.32. The fourth-order valence-electron chi connectivity index (χ4n) is 1.65. The van der Waals surface area contributed by atoms with Crippen LogP contribution in [0.5, 0.6) is 0 Å². The van der Waals surface area contributed by atoms with Gasteiger partial charge in [-0.15, -0.1) is 0 Å². The number of aromatic nitrogens is 2. The summed E-state index contributed by atoms with van der Waals surface area (Å²) in [6.45, 7) is 6.16. The van der Waals surface area contributed by atoms with Gasteiger partial charge in [0.05, 0.1) is 6.20 Å². The SMILES string of the molecule is CCCCCN(C)c1nc(NCCC)ncc1Cl. The minimum atomic E-state index is 0.607. The van der Waals surface area contributed by atoms with E-state index in [1.165, 1.54) is 12.8 Å². The van der Waals surface area contributed by atoms with E-state index in [0.717, 1.165) is 31.7 Å². The first-order valence-electron chi connectivity index (χ1n) is 6.66. The van der Waals surface area contributed by atoms with Crippen LogP contribution in [-0.2, 0) is 0 Å². The normalized spacial score (nSPS) is 10.4. The fourth-order valence-corrected chi connectivity index (χ4v) is 1.89. The highest BCUT2D eigenvalue weighted by molar-refractivity contribution is 6.32. The van der Waals surface area contributed by atoms with Gasteiger partial charge in [0.25, 0.3) is 0 Å². The van der Waals surface area contributed by atoms with Gasteiger partial charge in [-0.1, -0.05) is 38.3 Å². The van der Waals surface area contributed by atoms with Gasteiger partial charge in [0, 0.05) is 20.1 Å². The van der Waals surface area contributed by atoms with Gasteiger partial charge < -0.3 is 10.2 Å². The molecule has 1 heterocycles. The molecule has 0 saturated carbocycles. The summed E-state index contributed by atoms with van der Waals surface area (Å²) in [7, 11) is 2.02. The molecule has 0 radical (unpaired) electrons. The van der Waals surface area contributed by atoms with Crippen molar-refractivity contribution in [2.24, 2.45) is 0 Å². The van der Waals surface area contributed by atoms with Gasteiger partial charge in [-0.3, -0.25) is 0 Å². The van der Waals surface area contributed by atoms with E-state index in [4.69, 9.17) is 11.6 Å². The molecule has 0 aliphatic carbocycles. The summed E-state index contributed by atoms with van der Waals surface area (Å²) in [5.41, 5.74) is 0. The summed E-state index contributed by atoms with van der Waals surface area (Å²) < 4.78 is 0. The molecule has 0 aliphatic heterocycles. The van der Waals surface area contributed by atoms with E-state index < -0.39 is 0 Å². The maximum absolute atomic E-state index is 6.14. The molecule has 18 heavy (non-hydrogen) atoms. The van der Waals surface area contributed by atoms with Crippen molar-refractivity contribution in [2.45, 2.75) is 39.5 Å². The second kappa shape index (κ2) is 8.14. The number of halogens is 1. The molecule has 0 aliphatic rings. The Bertz CT molecular complexity index is 357. The Kier molecular flexibility index (Phi) is 6.80. The number of rotatable bonds is 8. The number of hydrogen-bond acceptors (Lipinski definition) is 4. The van der Waals surface area contributed by atoms with Crippen molar-refractivity contribution >= 4 is 23.4 Å². The van der Waals surface area contributed by atoms with Crippen molar-refractivity contribution in [3.05, 3.63) is 11.2 Å². The molecular formula is C13H23ClN4. The zero-order valence-corrected chi connectivity index (χ0v) is 12.3. The van der Waals surface area contributed by atoms with Crippen molar-refractivity contribution in [1.82, 2.24) is 9.97 Å². The molecule has 0 atom stereocenters. The lowest BCUT2D eigenvalue weighted by molar-refractivity contribution is 0.701. The molecule has 0 spiro atoms. The molecule has 0 fully saturated rings. The van der Waals surface area contributed by atoms with Gasteiger partial charge in [-0.05, 0) is 12.8 Å². The first-order valence-corrected chi connectivity index (χ1v) is 7.04. The first kappa shape index (κ1) is 15.0. The molecule has 0 unspecified atom stereocenters. The third-order valence-electron chi connectivity index (χ3n) is 2.72. The summed E-state index contributed by atoms with van der Waals surface area (Å²) in [4.78, 5) is 10.7. The van der Waals surface area contributed by atoms with Crippen LogP contribution in [0.4, 0.5) is 11.8 Å². The average molecular weight is 271 g/mol. The highest BCUT2D eigenvalue weighted by atomic mass is 35.5. The summed E-state index contributed by atoms with van der Waals surface area (Å²) in [5, 5.41) is 3.78. The summed E-state index contributed by atoms with van der Waals surface area (Å²) in [6, 6.07) is 0. The molecule has 1 N–H and O–H groups in total. The number of nitrogens with zero attached hydrogens (tertiary/aromatic N) is 3. The van der Waals surface area contributed by atoms with Gasteiger partial charge >= 0.3 is 0 Å². The van der Waals surface area contributed by atoms with Gasteiger partial charge in [0.2, 0.25) is 5.95 Å². The first-order chi connectivity index (χ1) is 8.69. The third kappa shape index (κ3) is 4.69. The van der Waals surface area contributed by atoms with Gasteiger partial charge in [0.15, 0.2) is 5.82 Å². The van der Waals surface area contributed by atoms with Crippen LogP contribution in [0, 0.1) is 0 Å². The quantitative estimate of drug-likeness (QED) is 0.733. The van der Waals surface area contributed by atoms with Crippen LogP contribution >= 0.6 is 11.6 Å². The Morgan fingerprint density at radius 1 is 1.28 bits per heavy atom. The molecule has 0 bridgehead atoms. The minimum Gasteiger partial charge on any atom is -0.358 e. The smallest absolute Gasteiger partial charge is 0.224 e. The maximum atomic E-state index is 6.14. The molecule has 4 nitrogen and oxygen atoms in total. The van der Waals surface area contributed by atoms with Crippen molar-refractivity contribution < 1.29 is 0 Å². The van der Waals surface area contributed by atoms with E-state index in [0.29, 0.717) is 11.0 Å². The predicted molar refractivity (Wildman–Crippen MR) is 78.6 cm³/mol. The molecule has 0 aromatic carbocycles. The van der Waals surface area contributed by atoms with Crippen LogP contribution in [0.15, 0.2) is 6.20 Å². The van der Waals surface area contributed by atoms with E-state index in [-0.39, 0.29) is 0 Å². The van der Waals surface area contributed by atoms with Crippen molar-refractivity contribution in [3.8, 4) is 0 Å². The summed E-state index contributed by atoms with van der Waals surface area (Å²) in [5.74, 6) is 1.46. The van der Waals surface area contributed by atoms with E-state index in [9.17, 15) is 0 Å². The summed E-state index contributed by atoms with van der Waals surface area (Å²) >= 11 is 6.14. The highest BCUT2D eigenvalue weighted by Gasteiger charge is 2.09. The molecule has 1 rings (SSSR count). The molecule has 1 aromatic rings. The minimum absolute atomic E-state index is 0.607. The van der Waals surface area contributed by atoms with Crippen LogP contribution in [0.25, 0.3) is 0 Å². The van der Waals surface area contributed by atoms with Crippen LogP contribution in [0.2, 0.25) is 5.02 Å². The molecule has 1 aromatic heterocycles. The number of anilines is 2. The molecular weight excluding hydrogens is 248 g/mol. The van der Waals surface area contributed by atoms with Crippen LogP contribution in [0.3, 0.4) is 0 Å². The highest BCUT2D eigenvalue weighted by Crippen LogP contribution is 2.23. The van der Waals surface area contributed by atoms with E-state index >= 15 is 0 Å². The second-order valence-electron chi connectivity index (χ2n) is 4.42. The van der Waals surface area contributed by atoms with Crippen molar-refractivity contribution in [2.75, 3.05) is 30.4 Å². The van der Waals surface area contributed by atoms with E-state index in [2.05, 4.69) is 34.0 Å². The zero-order valence-electron chi connectivity index (χ0n) is 11.5. The molecule has 5 heteroatoms. The number of hydrogen-bond donors (Lipinski definition) is 1. The number of unbranched alkanes of at least 4 members (excludes halogenated alkanes) is 2. The van der Waals surface area contributed by atoms with Crippen molar-refractivity contribution in [1.29, 1.82) is 0 Å². The van der Waals surface area contributed by atoms with Crippen LogP contribution < -0.4 is 10.2 Å². The zero-order chi connectivity index (χ0) is 13.4. The lowest BCUT2D eigenvalue weighted by Gasteiger charge is -2.19. The standard InChI is InChI=1S/C13H23ClN4/c1-4-6-7-9-18(3)12-11(14)10-16-13(17-12)15-8-5-2/h10H,4-9H2,1-3H3,(H,15,16,17). The van der Waals surface area contributed by atoms with E-state index in [1.54, 1.807) is 6.20 Å². The van der Waals surface area contributed by atoms with Crippen LogP contribution in [-0.4, -0.2) is 30.1 Å². The predicted octanol–water partition coefficient (Wildman–Crippen LogP) is 3.58. The third-order valence-corrected chi connectivity index (χ3v) is 2.98.